The van der Waals surface area contributed by atoms with Crippen LogP contribution in [0.25, 0.3) is 0 Å². The van der Waals surface area contributed by atoms with Crippen molar-refractivity contribution in [2.24, 2.45) is 5.92 Å². The molecule has 0 aromatic rings. The molecule has 1 heterocycles. The zero-order valence-electron chi connectivity index (χ0n) is 5.75. The summed E-state index contributed by atoms with van der Waals surface area (Å²) in [7, 11) is 2.15. The molecule has 1 aliphatic carbocycles. The van der Waals surface area contributed by atoms with E-state index in [-0.39, 0.29) is 6.10 Å². The molecule has 1 aliphatic heterocycles. The Labute approximate surface area is 55.5 Å². The molecule has 3 atom stereocenters. The van der Waals surface area contributed by atoms with E-state index in [9.17, 15) is 5.11 Å². The van der Waals surface area contributed by atoms with Crippen molar-refractivity contribution in [3.8, 4) is 0 Å². The number of likely N-dealkylation sites (tertiary alicyclic amines) is 1. The third-order valence-corrected chi connectivity index (χ3v) is 2.78. The van der Waals surface area contributed by atoms with Gasteiger partial charge in [0.15, 0.2) is 0 Å². The molecule has 2 nitrogen and oxygen atoms in total. The normalized spacial score (nSPS) is 50.7. The highest BCUT2D eigenvalue weighted by Crippen LogP contribution is 2.36. The standard InChI is InChI=1S/C7H13NO/c1-8-4-5-2-6(8)3-7(5)9/h5-7,9H,2-4H2,1H3/t5-,6-,7-/m1/s1. The molecular formula is C7H13NO. The van der Waals surface area contributed by atoms with E-state index in [1.807, 2.05) is 0 Å². The summed E-state index contributed by atoms with van der Waals surface area (Å²) < 4.78 is 0. The van der Waals surface area contributed by atoms with Gasteiger partial charge in [-0.15, -0.1) is 0 Å². The molecule has 0 radical (unpaired) electrons. The molecule has 0 aromatic carbocycles. The van der Waals surface area contributed by atoms with Gasteiger partial charge in [-0.05, 0) is 25.8 Å². The smallest absolute Gasteiger partial charge is 0.0596 e. The fourth-order valence-corrected chi connectivity index (χ4v) is 2.15. The van der Waals surface area contributed by atoms with Crippen LogP contribution in [0.1, 0.15) is 12.8 Å². The topological polar surface area (TPSA) is 23.5 Å². The molecule has 2 fully saturated rings. The number of hydrogen-bond donors (Lipinski definition) is 1. The summed E-state index contributed by atoms with van der Waals surface area (Å²) in [6.45, 7) is 1.12. The van der Waals surface area contributed by atoms with Crippen LogP contribution in [0.2, 0.25) is 0 Å². The monoisotopic (exact) mass is 127 g/mol. The van der Waals surface area contributed by atoms with E-state index in [0.717, 1.165) is 13.0 Å². The van der Waals surface area contributed by atoms with Crippen molar-refractivity contribution in [2.75, 3.05) is 13.6 Å². The van der Waals surface area contributed by atoms with Gasteiger partial charge in [-0.2, -0.15) is 0 Å². The van der Waals surface area contributed by atoms with Gasteiger partial charge in [0.2, 0.25) is 0 Å². The minimum atomic E-state index is 0.0196. The molecule has 9 heavy (non-hydrogen) atoms. The van der Waals surface area contributed by atoms with Crippen molar-refractivity contribution in [1.82, 2.24) is 4.90 Å². The fraction of sp³-hybridized carbons (Fsp3) is 1.00. The highest BCUT2D eigenvalue weighted by molar-refractivity contribution is 4.95. The lowest BCUT2D eigenvalue weighted by Crippen LogP contribution is -2.34. The van der Waals surface area contributed by atoms with E-state index in [4.69, 9.17) is 0 Å². The maximum absolute atomic E-state index is 9.31. The number of piperidine rings is 1. The van der Waals surface area contributed by atoms with Crippen LogP contribution in [0.3, 0.4) is 0 Å². The Morgan fingerprint density at radius 3 is 2.56 bits per heavy atom. The number of hydrogen-bond acceptors (Lipinski definition) is 2. The fourth-order valence-electron chi connectivity index (χ4n) is 2.15. The third-order valence-electron chi connectivity index (χ3n) is 2.78. The van der Waals surface area contributed by atoms with Crippen LogP contribution in [0.5, 0.6) is 0 Å². The molecule has 1 saturated heterocycles. The van der Waals surface area contributed by atoms with Crippen molar-refractivity contribution >= 4 is 0 Å². The van der Waals surface area contributed by atoms with Crippen LogP contribution in [0.15, 0.2) is 0 Å². The summed E-state index contributed by atoms with van der Waals surface area (Å²) in [6.07, 6.45) is 2.27. The first-order chi connectivity index (χ1) is 4.27. The average molecular weight is 127 g/mol. The highest BCUT2D eigenvalue weighted by Gasteiger charge is 2.41. The summed E-state index contributed by atoms with van der Waals surface area (Å²) in [5.41, 5.74) is 0. The number of rotatable bonds is 0. The minimum absolute atomic E-state index is 0.0196. The van der Waals surface area contributed by atoms with Crippen LogP contribution in [-0.2, 0) is 0 Å². The molecule has 2 rings (SSSR count). The van der Waals surface area contributed by atoms with Crippen LogP contribution >= 0.6 is 0 Å². The Morgan fingerprint density at radius 2 is 2.22 bits per heavy atom. The molecule has 1 N–H and O–H groups in total. The zero-order chi connectivity index (χ0) is 6.43. The van der Waals surface area contributed by atoms with Gasteiger partial charge in [-0.3, -0.25) is 0 Å². The summed E-state index contributed by atoms with van der Waals surface area (Å²) in [4.78, 5) is 2.36. The van der Waals surface area contributed by atoms with Gasteiger partial charge in [-0.1, -0.05) is 0 Å². The van der Waals surface area contributed by atoms with Crippen molar-refractivity contribution in [3.63, 3.8) is 0 Å². The van der Waals surface area contributed by atoms with Gasteiger partial charge < -0.3 is 10.0 Å². The third kappa shape index (κ3) is 0.700. The average Bonchev–Trinajstić information content (AvgIpc) is 2.24. The Balaban J connectivity index is 2.10. The largest absolute Gasteiger partial charge is 0.393 e. The van der Waals surface area contributed by atoms with Crippen LogP contribution < -0.4 is 0 Å². The summed E-state index contributed by atoms with van der Waals surface area (Å²) >= 11 is 0. The second kappa shape index (κ2) is 1.70. The number of aliphatic hydroxyl groups excluding tert-OH is 1. The minimum Gasteiger partial charge on any atom is -0.393 e. The Bertz CT molecular complexity index is 108. The van der Waals surface area contributed by atoms with Gasteiger partial charge >= 0.3 is 0 Å². The predicted molar refractivity (Wildman–Crippen MR) is 35.1 cm³/mol. The number of fused-ring (bicyclic) bond motifs is 2. The second-order valence-electron chi connectivity index (χ2n) is 3.39. The van der Waals surface area contributed by atoms with Crippen molar-refractivity contribution in [2.45, 2.75) is 25.0 Å². The Morgan fingerprint density at radius 1 is 1.44 bits per heavy atom. The number of nitrogens with zero attached hydrogens (tertiary/aromatic N) is 1. The lowest BCUT2D eigenvalue weighted by Gasteiger charge is -2.24. The van der Waals surface area contributed by atoms with E-state index in [1.54, 1.807) is 0 Å². The van der Waals surface area contributed by atoms with Crippen molar-refractivity contribution in [3.05, 3.63) is 0 Å². The first kappa shape index (κ1) is 5.69. The molecule has 52 valence electrons. The summed E-state index contributed by atoms with van der Waals surface area (Å²) in [6, 6.07) is 0.699. The van der Waals surface area contributed by atoms with E-state index in [0.29, 0.717) is 12.0 Å². The van der Waals surface area contributed by atoms with Gasteiger partial charge in [0.1, 0.15) is 0 Å². The molecular weight excluding hydrogens is 114 g/mol. The molecule has 2 aliphatic rings. The maximum Gasteiger partial charge on any atom is 0.0596 e. The second-order valence-corrected chi connectivity index (χ2v) is 3.39. The van der Waals surface area contributed by atoms with Gasteiger partial charge in [-0.25, -0.2) is 0 Å². The lowest BCUT2D eigenvalue weighted by atomic mass is 10.1. The van der Waals surface area contributed by atoms with E-state index in [1.165, 1.54) is 6.42 Å². The molecule has 0 amide bonds. The predicted octanol–water partition coefficient (Wildman–Crippen LogP) is 0.0713. The molecule has 2 heteroatoms. The van der Waals surface area contributed by atoms with E-state index < -0.39 is 0 Å². The zero-order valence-corrected chi connectivity index (χ0v) is 5.75. The van der Waals surface area contributed by atoms with Crippen molar-refractivity contribution in [1.29, 1.82) is 0 Å². The summed E-state index contributed by atoms with van der Waals surface area (Å²) in [5.74, 6) is 0.597. The quantitative estimate of drug-likeness (QED) is 0.498. The molecule has 1 saturated carbocycles. The van der Waals surface area contributed by atoms with Crippen LogP contribution in [0, 0.1) is 5.92 Å². The highest BCUT2D eigenvalue weighted by atomic mass is 16.3. The summed E-state index contributed by atoms with van der Waals surface area (Å²) in [5, 5.41) is 9.31. The van der Waals surface area contributed by atoms with Crippen LogP contribution in [-0.4, -0.2) is 35.7 Å². The Kier molecular flexibility index (Phi) is 1.08. The van der Waals surface area contributed by atoms with Gasteiger partial charge in [0.05, 0.1) is 6.10 Å². The Hall–Kier alpha value is -0.0800. The lowest BCUT2D eigenvalue weighted by molar-refractivity contribution is 0.0848. The molecule has 0 unspecified atom stereocenters. The molecule has 2 bridgehead atoms. The van der Waals surface area contributed by atoms with Gasteiger partial charge in [0.25, 0.3) is 0 Å². The SMILES string of the molecule is CN1C[C@H]2C[C@@H]1C[C@H]2O. The van der Waals surface area contributed by atoms with E-state index in [2.05, 4.69) is 11.9 Å². The molecule has 0 spiro atoms. The van der Waals surface area contributed by atoms with Gasteiger partial charge in [0, 0.05) is 12.6 Å². The van der Waals surface area contributed by atoms with Crippen molar-refractivity contribution < 1.29 is 5.11 Å². The van der Waals surface area contributed by atoms with E-state index >= 15 is 0 Å². The first-order valence-corrected chi connectivity index (χ1v) is 3.65. The van der Waals surface area contributed by atoms with Crippen LogP contribution in [0.4, 0.5) is 0 Å². The number of aliphatic hydroxyl groups is 1. The molecule has 0 aromatic heterocycles. The first-order valence-electron chi connectivity index (χ1n) is 3.65. The maximum atomic E-state index is 9.31.